The van der Waals surface area contributed by atoms with E-state index in [2.05, 4.69) is 26.3 Å². The Balaban J connectivity index is 1.71. The molecule has 0 amide bonds. The Kier molecular flexibility index (Phi) is 4.71. The maximum absolute atomic E-state index is 13.6. The van der Waals surface area contributed by atoms with Crippen molar-refractivity contribution in [1.82, 2.24) is 19.5 Å². The minimum absolute atomic E-state index is 0.0436. The molecule has 0 saturated heterocycles. The number of nitrogens with one attached hydrogen (secondary N) is 2. The van der Waals surface area contributed by atoms with Gasteiger partial charge >= 0.3 is 0 Å². The summed E-state index contributed by atoms with van der Waals surface area (Å²) in [7, 11) is 0. The van der Waals surface area contributed by atoms with Crippen molar-refractivity contribution in [2.75, 3.05) is 5.32 Å². The summed E-state index contributed by atoms with van der Waals surface area (Å²) >= 11 is 6.35. The van der Waals surface area contributed by atoms with Crippen molar-refractivity contribution >= 4 is 39.2 Å². The number of aromatic nitrogens is 4. The Morgan fingerprint density at radius 2 is 1.87 bits per heavy atom. The molecule has 2 aromatic carbocycles. The summed E-state index contributed by atoms with van der Waals surface area (Å²) in [5.74, 6) is 0.611. The third kappa shape index (κ3) is 3.25. The molecule has 154 valence electrons. The lowest BCUT2D eigenvalue weighted by Gasteiger charge is -2.22. The SMILES string of the molecule is Cc1cccc2cc(C(C)Nc3ncnc4[nH]cc(Cl)c34)n(-c3ccccc3)c(=O)c12. The Hall–Kier alpha value is -3.64. The van der Waals surface area contributed by atoms with Crippen molar-refractivity contribution in [1.29, 1.82) is 0 Å². The first-order chi connectivity index (χ1) is 15.0. The van der Waals surface area contributed by atoms with Gasteiger partial charge in [-0.25, -0.2) is 9.97 Å². The van der Waals surface area contributed by atoms with Crippen molar-refractivity contribution in [3.8, 4) is 5.69 Å². The largest absolute Gasteiger partial charge is 0.361 e. The van der Waals surface area contributed by atoms with Gasteiger partial charge in [-0.2, -0.15) is 0 Å². The lowest BCUT2D eigenvalue weighted by Crippen LogP contribution is -2.26. The molecule has 2 N–H and O–H groups in total. The minimum Gasteiger partial charge on any atom is -0.361 e. The zero-order chi connectivity index (χ0) is 21.5. The molecule has 1 unspecified atom stereocenters. The van der Waals surface area contributed by atoms with Crippen molar-refractivity contribution < 1.29 is 0 Å². The zero-order valence-corrected chi connectivity index (χ0v) is 17.8. The number of nitrogens with zero attached hydrogens (tertiary/aromatic N) is 3. The molecule has 31 heavy (non-hydrogen) atoms. The molecular weight excluding hydrogens is 410 g/mol. The molecule has 0 aliphatic heterocycles. The molecule has 0 spiro atoms. The number of pyridine rings is 1. The highest BCUT2D eigenvalue weighted by Gasteiger charge is 2.19. The van der Waals surface area contributed by atoms with E-state index in [4.69, 9.17) is 11.6 Å². The zero-order valence-electron chi connectivity index (χ0n) is 17.1. The maximum Gasteiger partial charge on any atom is 0.263 e. The number of benzene rings is 2. The minimum atomic E-state index is -0.234. The van der Waals surface area contributed by atoms with Crippen LogP contribution in [-0.4, -0.2) is 19.5 Å². The number of fused-ring (bicyclic) bond motifs is 2. The van der Waals surface area contributed by atoms with Crippen LogP contribution in [0.1, 0.15) is 24.2 Å². The Bertz CT molecular complexity index is 1470. The van der Waals surface area contributed by atoms with Crippen LogP contribution in [-0.2, 0) is 0 Å². The number of H-pyrrole nitrogens is 1. The summed E-state index contributed by atoms with van der Waals surface area (Å²) < 4.78 is 1.77. The molecule has 0 saturated carbocycles. The fourth-order valence-corrected chi connectivity index (χ4v) is 4.27. The number of halogens is 1. The average molecular weight is 430 g/mol. The molecule has 0 aliphatic carbocycles. The van der Waals surface area contributed by atoms with Crippen LogP contribution in [0.3, 0.4) is 0 Å². The molecule has 0 radical (unpaired) electrons. The molecule has 5 aromatic rings. The van der Waals surface area contributed by atoms with E-state index < -0.39 is 0 Å². The van der Waals surface area contributed by atoms with E-state index in [-0.39, 0.29) is 11.6 Å². The summed E-state index contributed by atoms with van der Waals surface area (Å²) in [5, 5.41) is 6.33. The standard InChI is InChI=1S/C24H20ClN5O/c1-14-7-6-8-16-11-19(30(24(31)20(14)16)17-9-4-3-5-10-17)15(2)29-23-21-18(25)12-26-22(21)27-13-28-23/h3-13,15H,1-2H3,(H2,26,27,28,29). The van der Waals surface area contributed by atoms with Gasteiger partial charge in [-0.1, -0.05) is 48.0 Å². The smallest absolute Gasteiger partial charge is 0.263 e. The lowest BCUT2D eigenvalue weighted by molar-refractivity contribution is 0.774. The van der Waals surface area contributed by atoms with Gasteiger partial charge in [0.1, 0.15) is 17.8 Å². The van der Waals surface area contributed by atoms with Crippen molar-refractivity contribution in [3.05, 3.63) is 93.8 Å². The summed E-state index contributed by atoms with van der Waals surface area (Å²) in [6.45, 7) is 3.97. The fraction of sp³-hybridized carbons (Fsp3) is 0.125. The van der Waals surface area contributed by atoms with Crippen molar-refractivity contribution in [2.45, 2.75) is 19.9 Å². The number of rotatable bonds is 4. The van der Waals surface area contributed by atoms with Crippen LogP contribution in [0.15, 0.2) is 71.9 Å². The van der Waals surface area contributed by atoms with Crippen LogP contribution in [0.5, 0.6) is 0 Å². The van der Waals surface area contributed by atoms with Crippen LogP contribution >= 0.6 is 11.6 Å². The number of anilines is 1. The second kappa shape index (κ2) is 7.56. The van der Waals surface area contributed by atoms with Gasteiger partial charge in [-0.3, -0.25) is 9.36 Å². The number of para-hydroxylation sites is 1. The van der Waals surface area contributed by atoms with Gasteiger partial charge in [0.2, 0.25) is 0 Å². The molecular formula is C24H20ClN5O. The first kappa shape index (κ1) is 19.3. The molecule has 0 bridgehead atoms. The number of aryl methyl sites for hydroxylation is 1. The molecule has 0 fully saturated rings. The van der Waals surface area contributed by atoms with Crippen LogP contribution in [0.2, 0.25) is 5.02 Å². The summed E-state index contributed by atoms with van der Waals surface area (Å²) in [5.41, 5.74) is 3.21. The monoisotopic (exact) mass is 429 g/mol. The third-order valence-corrected chi connectivity index (χ3v) is 5.81. The second-order valence-corrected chi connectivity index (χ2v) is 7.94. The van der Waals surface area contributed by atoms with Crippen molar-refractivity contribution in [3.63, 3.8) is 0 Å². The van der Waals surface area contributed by atoms with E-state index in [9.17, 15) is 4.79 Å². The van der Waals surface area contributed by atoms with Gasteiger partial charge in [-0.05, 0) is 43.0 Å². The highest BCUT2D eigenvalue weighted by atomic mass is 35.5. The van der Waals surface area contributed by atoms with Gasteiger partial charge in [-0.15, -0.1) is 0 Å². The average Bonchev–Trinajstić information content (AvgIpc) is 3.16. The molecule has 3 heterocycles. The first-order valence-corrected chi connectivity index (χ1v) is 10.4. The first-order valence-electron chi connectivity index (χ1n) is 9.99. The molecule has 5 rings (SSSR count). The highest BCUT2D eigenvalue weighted by molar-refractivity contribution is 6.36. The Labute approximate surface area is 183 Å². The van der Waals surface area contributed by atoms with E-state index >= 15 is 0 Å². The van der Waals surface area contributed by atoms with E-state index in [1.54, 1.807) is 10.8 Å². The molecule has 3 aromatic heterocycles. The number of aromatic amines is 1. The summed E-state index contributed by atoms with van der Waals surface area (Å²) in [6, 6.07) is 17.4. The molecule has 6 nitrogen and oxygen atoms in total. The van der Waals surface area contributed by atoms with Crippen LogP contribution in [0.25, 0.3) is 27.5 Å². The fourth-order valence-electron chi connectivity index (χ4n) is 4.03. The quantitative estimate of drug-likeness (QED) is 0.401. The predicted molar refractivity (Wildman–Crippen MR) is 125 cm³/mol. The van der Waals surface area contributed by atoms with Crippen LogP contribution < -0.4 is 10.9 Å². The van der Waals surface area contributed by atoms with E-state index in [1.807, 2.05) is 62.4 Å². The third-order valence-electron chi connectivity index (χ3n) is 5.52. The molecule has 7 heteroatoms. The maximum atomic E-state index is 13.6. The van der Waals surface area contributed by atoms with Gasteiger partial charge in [0.15, 0.2) is 0 Å². The highest BCUT2D eigenvalue weighted by Crippen LogP contribution is 2.30. The number of hydrogen-bond donors (Lipinski definition) is 2. The molecule has 0 aliphatic rings. The van der Waals surface area contributed by atoms with E-state index in [0.717, 1.165) is 33.1 Å². The van der Waals surface area contributed by atoms with Gasteiger partial charge in [0.05, 0.1) is 21.8 Å². The van der Waals surface area contributed by atoms with Crippen LogP contribution in [0, 0.1) is 6.92 Å². The van der Waals surface area contributed by atoms with E-state index in [1.165, 1.54) is 6.33 Å². The van der Waals surface area contributed by atoms with Gasteiger partial charge in [0.25, 0.3) is 5.56 Å². The Morgan fingerprint density at radius 3 is 2.68 bits per heavy atom. The normalized spacial score (nSPS) is 12.4. The van der Waals surface area contributed by atoms with Gasteiger partial charge in [0, 0.05) is 17.6 Å². The lowest BCUT2D eigenvalue weighted by atomic mass is 10.0. The number of hydrogen-bond acceptors (Lipinski definition) is 4. The predicted octanol–water partition coefficient (Wildman–Crippen LogP) is 5.40. The summed E-state index contributed by atoms with van der Waals surface area (Å²) in [4.78, 5) is 25.3. The van der Waals surface area contributed by atoms with E-state index in [0.29, 0.717) is 16.5 Å². The summed E-state index contributed by atoms with van der Waals surface area (Å²) in [6.07, 6.45) is 3.17. The Morgan fingerprint density at radius 1 is 1.06 bits per heavy atom. The topological polar surface area (TPSA) is 75.6 Å². The second-order valence-electron chi connectivity index (χ2n) is 7.53. The van der Waals surface area contributed by atoms with Crippen molar-refractivity contribution in [2.24, 2.45) is 0 Å². The van der Waals surface area contributed by atoms with Gasteiger partial charge < -0.3 is 10.3 Å². The molecule has 1 atom stereocenters. The van der Waals surface area contributed by atoms with Crippen LogP contribution in [0.4, 0.5) is 5.82 Å².